The van der Waals surface area contributed by atoms with E-state index in [9.17, 15) is 0 Å². The molecule has 0 aliphatic carbocycles. The number of halogens is 1. The van der Waals surface area contributed by atoms with E-state index < -0.39 is 0 Å². The first-order valence-electron chi connectivity index (χ1n) is 6.24. The van der Waals surface area contributed by atoms with Crippen LogP contribution in [0.25, 0.3) is 10.9 Å². The molecule has 0 N–H and O–H groups in total. The fourth-order valence-corrected chi connectivity index (χ4v) is 3.01. The molecular formula is C15H16ClN3. The lowest BCUT2D eigenvalue weighted by atomic mass is 9.84. The molecule has 0 radical (unpaired) electrons. The summed E-state index contributed by atoms with van der Waals surface area (Å²) < 4.78 is 0. The molecule has 3 nitrogen and oxygen atoms in total. The number of likely N-dealkylation sites (N-methyl/N-ethyl adjacent to an activating group) is 1. The van der Waals surface area contributed by atoms with E-state index in [1.165, 1.54) is 5.56 Å². The van der Waals surface area contributed by atoms with Crippen molar-refractivity contribution in [3.8, 4) is 0 Å². The summed E-state index contributed by atoms with van der Waals surface area (Å²) in [5.74, 6) is 0.691. The second-order valence-electron chi connectivity index (χ2n) is 5.58. The lowest BCUT2D eigenvalue weighted by Gasteiger charge is -2.22. The minimum absolute atomic E-state index is 0.0908. The molecule has 98 valence electrons. The van der Waals surface area contributed by atoms with Gasteiger partial charge in [0.05, 0.1) is 5.52 Å². The molecule has 0 saturated heterocycles. The van der Waals surface area contributed by atoms with Crippen LogP contribution >= 0.6 is 11.6 Å². The van der Waals surface area contributed by atoms with Crippen LogP contribution in [0.15, 0.2) is 24.4 Å². The molecule has 0 fully saturated rings. The Morgan fingerprint density at radius 2 is 1.95 bits per heavy atom. The third kappa shape index (κ3) is 1.58. The van der Waals surface area contributed by atoms with Crippen molar-refractivity contribution in [2.24, 2.45) is 0 Å². The average Bonchev–Trinajstić information content (AvgIpc) is 2.49. The van der Waals surface area contributed by atoms with Crippen LogP contribution in [-0.4, -0.2) is 17.0 Å². The number of hydrogen-bond donors (Lipinski definition) is 0. The average molecular weight is 274 g/mol. The predicted octanol–water partition coefficient (Wildman–Crippen LogP) is 3.83. The molecule has 3 rings (SSSR count). The zero-order valence-corrected chi connectivity index (χ0v) is 12.3. The Morgan fingerprint density at radius 1 is 1.26 bits per heavy atom. The SMILES string of the molecule is C=C1N(C)c2cc3nc(C)nc(Cl)c3cc2C1(C)C. The van der Waals surface area contributed by atoms with Crippen molar-refractivity contribution in [1.82, 2.24) is 9.97 Å². The molecule has 2 heterocycles. The molecule has 19 heavy (non-hydrogen) atoms. The molecule has 1 aliphatic heterocycles. The zero-order valence-electron chi connectivity index (χ0n) is 11.6. The van der Waals surface area contributed by atoms with Gasteiger partial charge in [-0.3, -0.25) is 0 Å². The molecule has 1 aliphatic rings. The van der Waals surface area contributed by atoms with Gasteiger partial charge in [0.25, 0.3) is 0 Å². The van der Waals surface area contributed by atoms with Crippen molar-refractivity contribution in [3.05, 3.63) is 40.9 Å². The maximum atomic E-state index is 6.24. The molecule has 0 unspecified atom stereocenters. The predicted molar refractivity (Wildman–Crippen MR) is 79.9 cm³/mol. The second kappa shape index (κ2) is 3.70. The van der Waals surface area contributed by atoms with Crippen molar-refractivity contribution in [2.75, 3.05) is 11.9 Å². The topological polar surface area (TPSA) is 29.0 Å². The van der Waals surface area contributed by atoms with Crippen LogP contribution in [0.1, 0.15) is 25.2 Å². The highest BCUT2D eigenvalue weighted by Gasteiger charge is 2.37. The van der Waals surface area contributed by atoms with E-state index in [1.807, 2.05) is 14.0 Å². The molecule has 0 amide bonds. The number of fused-ring (bicyclic) bond motifs is 2. The van der Waals surface area contributed by atoms with Crippen LogP contribution in [0, 0.1) is 6.92 Å². The van der Waals surface area contributed by atoms with E-state index in [2.05, 4.69) is 47.4 Å². The van der Waals surface area contributed by atoms with Gasteiger partial charge in [0, 0.05) is 29.2 Å². The first kappa shape index (κ1) is 12.4. The lowest BCUT2D eigenvalue weighted by molar-refractivity contribution is 0.643. The van der Waals surface area contributed by atoms with Gasteiger partial charge < -0.3 is 4.90 Å². The minimum Gasteiger partial charge on any atom is -0.348 e. The molecular weight excluding hydrogens is 258 g/mol. The van der Waals surface area contributed by atoms with Gasteiger partial charge in [-0.25, -0.2) is 9.97 Å². The first-order valence-corrected chi connectivity index (χ1v) is 6.61. The van der Waals surface area contributed by atoms with Crippen molar-refractivity contribution in [1.29, 1.82) is 0 Å². The number of hydrogen-bond acceptors (Lipinski definition) is 3. The Balaban J connectivity index is 2.40. The highest BCUT2D eigenvalue weighted by Crippen LogP contribution is 2.47. The fourth-order valence-electron chi connectivity index (χ4n) is 2.73. The molecule has 0 saturated carbocycles. The number of aromatic nitrogens is 2. The summed E-state index contributed by atoms with van der Waals surface area (Å²) in [7, 11) is 2.04. The summed E-state index contributed by atoms with van der Waals surface area (Å²) in [6, 6.07) is 4.17. The monoisotopic (exact) mass is 273 g/mol. The van der Waals surface area contributed by atoms with Crippen molar-refractivity contribution in [3.63, 3.8) is 0 Å². The summed E-state index contributed by atoms with van der Waals surface area (Å²) >= 11 is 6.24. The molecule has 4 heteroatoms. The normalized spacial score (nSPS) is 17.1. The maximum Gasteiger partial charge on any atom is 0.140 e. The summed E-state index contributed by atoms with van der Waals surface area (Å²) in [4.78, 5) is 10.8. The third-order valence-corrected chi connectivity index (χ3v) is 4.33. The number of aryl methyl sites for hydroxylation is 1. The Bertz CT molecular complexity index is 719. The fraction of sp³-hybridized carbons (Fsp3) is 0.333. The lowest BCUT2D eigenvalue weighted by Crippen LogP contribution is -2.21. The number of rotatable bonds is 0. The smallest absolute Gasteiger partial charge is 0.140 e. The van der Waals surface area contributed by atoms with Crippen molar-refractivity contribution >= 4 is 28.2 Å². The second-order valence-corrected chi connectivity index (χ2v) is 5.94. The standard InChI is InChI=1S/C15H16ClN3/c1-8-15(3,4)11-6-10-12(7-13(11)19(8)5)17-9(2)18-14(10)16/h6-7H,1H2,2-5H3. The van der Waals surface area contributed by atoms with E-state index in [1.54, 1.807) is 0 Å². The maximum absolute atomic E-state index is 6.24. The van der Waals surface area contributed by atoms with Crippen LogP contribution in [0.4, 0.5) is 5.69 Å². The van der Waals surface area contributed by atoms with Crippen LogP contribution in [-0.2, 0) is 5.41 Å². The third-order valence-electron chi connectivity index (χ3n) is 4.04. The Hall–Kier alpha value is -1.61. The van der Waals surface area contributed by atoms with E-state index in [0.29, 0.717) is 11.0 Å². The highest BCUT2D eigenvalue weighted by atomic mass is 35.5. The van der Waals surface area contributed by atoms with E-state index in [4.69, 9.17) is 11.6 Å². The van der Waals surface area contributed by atoms with E-state index in [0.717, 1.165) is 22.3 Å². The summed E-state index contributed by atoms with van der Waals surface area (Å²) in [6.07, 6.45) is 0. The van der Waals surface area contributed by atoms with Crippen LogP contribution in [0.3, 0.4) is 0 Å². The quantitative estimate of drug-likeness (QED) is 0.683. The van der Waals surface area contributed by atoms with Crippen LogP contribution in [0.2, 0.25) is 5.15 Å². The molecule has 1 aromatic heterocycles. The Kier molecular flexibility index (Phi) is 2.42. The summed E-state index contributed by atoms with van der Waals surface area (Å²) in [6.45, 7) is 10.4. The van der Waals surface area contributed by atoms with E-state index in [-0.39, 0.29) is 5.41 Å². The van der Waals surface area contributed by atoms with Crippen LogP contribution < -0.4 is 4.90 Å². The van der Waals surface area contributed by atoms with Gasteiger partial charge in [-0.1, -0.05) is 32.0 Å². The van der Waals surface area contributed by atoms with Gasteiger partial charge in [-0.05, 0) is 24.6 Å². The Labute approximate surface area is 117 Å². The molecule has 0 bridgehead atoms. The number of anilines is 1. The zero-order chi connectivity index (χ0) is 13.9. The molecule has 0 atom stereocenters. The van der Waals surface area contributed by atoms with Gasteiger partial charge in [0.15, 0.2) is 0 Å². The van der Waals surface area contributed by atoms with Gasteiger partial charge in [0.2, 0.25) is 0 Å². The largest absolute Gasteiger partial charge is 0.348 e. The van der Waals surface area contributed by atoms with Crippen molar-refractivity contribution < 1.29 is 0 Å². The van der Waals surface area contributed by atoms with Gasteiger partial charge in [0.1, 0.15) is 11.0 Å². The minimum atomic E-state index is -0.0908. The number of nitrogens with zero attached hydrogens (tertiary/aromatic N) is 3. The Morgan fingerprint density at radius 3 is 2.63 bits per heavy atom. The number of benzene rings is 1. The molecule has 0 spiro atoms. The van der Waals surface area contributed by atoms with Crippen molar-refractivity contribution in [2.45, 2.75) is 26.2 Å². The summed E-state index contributed by atoms with van der Waals surface area (Å²) in [5, 5.41) is 1.42. The number of allylic oxidation sites excluding steroid dienone is 1. The first-order chi connectivity index (χ1) is 8.82. The van der Waals surface area contributed by atoms with Crippen LogP contribution in [0.5, 0.6) is 0 Å². The van der Waals surface area contributed by atoms with Gasteiger partial charge >= 0.3 is 0 Å². The van der Waals surface area contributed by atoms with Gasteiger partial charge in [-0.2, -0.15) is 0 Å². The van der Waals surface area contributed by atoms with Gasteiger partial charge in [-0.15, -0.1) is 0 Å². The highest BCUT2D eigenvalue weighted by molar-refractivity contribution is 6.34. The summed E-state index contributed by atoms with van der Waals surface area (Å²) in [5.41, 5.74) is 4.25. The molecule has 2 aromatic rings. The molecule has 1 aromatic carbocycles. The van der Waals surface area contributed by atoms with E-state index >= 15 is 0 Å².